The van der Waals surface area contributed by atoms with Crippen LogP contribution in [-0.2, 0) is 19.4 Å². The minimum Gasteiger partial charge on any atom is -0.444 e. The summed E-state index contributed by atoms with van der Waals surface area (Å²) in [6.07, 6.45) is -0.691. The summed E-state index contributed by atoms with van der Waals surface area (Å²) in [5.41, 5.74) is 2.34. The lowest BCUT2D eigenvalue weighted by molar-refractivity contribution is -0.117. The predicted molar refractivity (Wildman–Crippen MR) is 119 cm³/mol. The molecule has 0 radical (unpaired) electrons. The molecule has 0 unspecified atom stereocenters. The van der Waals surface area contributed by atoms with Crippen LogP contribution in [0.1, 0.15) is 31.9 Å². The van der Waals surface area contributed by atoms with Crippen molar-refractivity contribution in [2.45, 2.75) is 51.5 Å². The van der Waals surface area contributed by atoms with Gasteiger partial charge >= 0.3 is 6.09 Å². The number of amides is 2. The smallest absolute Gasteiger partial charge is 0.408 e. The van der Waals surface area contributed by atoms with Gasteiger partial charge in [0.1, 0.15) is 12.1 Å². The molecule has 1 N–H and O–H groups in total. The molecule has 164 valence electrons. The van der Waals surface area contributed by atoms with Crippen LogP contribution in [0.15, 0.2) is 23.2 Å². The van der Waals surface area contributed by atoms with E-state index >= 15 is 0 Å². The maximum Gasteiger partial charge on any atom is 0.408 e. The summed E-state index contributed by atoms with van der Waals surface area (Å²) in [5.74, 6) is -0.436. The van der Waals surface area contributed by atoms with Gasteiger partial charge in [-0.3, -0.25) is 4.79 Å². The fraction of sp³-hybridized carbons (Fsp3) is 0.550. The van der Waals surface area contributed by atoms with Crippen molar-refractivity contribution in [2.75, 3.05) is 23.0 Å². The number of sulfone groups is 1. The number of anilines is 1. The van der Waals surface area contributed by atoms with Crippen LogP contribution in [0.25, 0.3) is 0 Å². The van der Waals surface area contributed by atoms with Crippen LogP contribution < -0.4 is 10.2 Å². The molecule has 1 aromatic rings. The molecule has 2 aliphatic heterocycles. The molecule has 2 heterocycles. The Kier molecular flexibility index (Phi) is 6.20. The number of alkyl carbamates (subject to hydrolysis) is 1. The average molecular weight is 454 g/mol. The molecule has 0 aromatic heterocycles. The van der Waals surface area contributed by atoms with E-state index in [4.69, 9.17) is 4.74 Å². The van der Waals surface area contributed by atoms with Crippen molar-refractivity contribution >= 4 is 44.5 Å². The average Bonchev–Trinajstić information content (AvgIpc) is 3.05. The first-order valence-electron chi connectivity index (χ1n) is 9.66. The number of benzene rings is 1. The molecule has 30 heavy (non-hydrogen) atoms. The van der Waals surface area contributed by atoms with Gasteiger partial charge in [0.2, 0.25) is 0 Å². The van der Waals surface area contributed by atoms with Gasteiger partial charge in [0.25, 0.3) is 5.91 Å². The van der Waals surface area contributed by atoms with Crippen molar-refractivity contribution in [3.05, 3.63) is 29.3 Å². The largest absolute Gasteiger partial charge is 0.444 e. The van der Waals surface area contributed by atoms with Crippen LogP contribution in [0.2, 0.25) is 0 Å². The number of fused-ring (bicyclic) bond motifs is 1. The summed E-state index contributed by atoms with van der Waals surface area (Å²) in [6.45, 7) is 8.89. The number of carbonyl (C=O) groups is 2. The maximum absolute atomic E-state index is 12.4. The summed E-state index contributed by atoms with van der Waals surface area (Å²) in [6, 6.07) is 5.58. The Morgan fingerprint density at radius 2 is 1.93 bits per heavy atom. The molecule has 0 spiro atoms. The van der Waals surface area contributed by atoms with Crippen LogP contribution in [0, 0.1) is 13.8 Å². The number of thioether (sulfide) groups is 1. The van der Waals surface area contributed by atoms with Crippen molar-refractivity contribution in [2.24, 2.45) is 4.99 Å². The molecule has 2 amide bonds. The summed E-state index contributed by atoms with van der Waals surface area (Å²) in [4.78, 5) is 30.2. The highest BCUT2D eigenvalue weighted by Gasteiger charge is 2.49. The van der Waals surface area contributed by atoms with Gasteiger partial charge in [0.05, 0.1) is 17.5 Å². The standard InChI is InChI=1S/C20H27N3O5S2/c1-12-6-7-14(8-13(12)2)23-15-10-30(26,27)11-16(15)29-18(23)22-17(24)9-21-19(25)28-20(3,4)5/h6-8,15-16H,9-11H2,1-5H3,(H,21,25)/t15-,16-/m1/s1. The van der Waals surface area contributed by atoms with E-state index in [0.29, 0.717) is 5.17 Å². The van der Waals surface area contributed by atoms with Crippen molar-refractivity contribution in [1.82, 2.24) is 5.32 Å². The van der Waals surface area contributed by atoms with Crippen LogP contribution in [-0.4, -0.2) is 60.5 Å². The number of carbonyl (C=O) groups excluding carboxylic acids is 2. The zero-order valence-corrected chi connectivity index (χ0v) is 19.4. The number of hydrogen-bond acceptors (Lipinski definition) is 6. The fourth-order valence-electron chi connectivity index (χ4n) is 3.35. The SMILES string of the molecule is Cc1ccc(N2C(=NC(=O)CNC(=O)OC(C)(C)C)S[C@@H]3CS(=O)(=O)C[C@H]32)cc1C. The van der Waals surface area contributed by atoms with Gasteiger partial charge in [-0.1, -0.05) is 17.8 Å². The summed E-state index contributed by atoms with van der Waals surface area (Å²) >= 11 is 1.30. The number of ether oxygens (including phenoxy) is 1. The molecular weight excluding hydrogens is 426 g/mol. The maximum atomic E-state index is 12.4. The highest BCUT2D eigenvalue weighted by Crippen LogP contribution is 2.41. The Morgan fingerprint density at radius 3 is 2.57 bits per heavy atom. The van der Waals surface area contributed by atoms with Crippen LogP contribution >= 0.6 is 11.8 Å². The Balaban J connectivity index is 1.80. The van der Waals surface area contributed by atoms with Crippen LogP contribution in [0.3, 0.4) is 0 Å². The van der Waals surface area contributed by atoms with Crippen molar-refractivity contribution in [3.63, 3.8) is 0 Å². The predicted octanol–water partition coefficient (Wildman–Crippen LogP) is 2.43. The van der Waals surface area contributed by atoms with Crippen molar-refractivity contribution in [3.8, 4) is 0 Å². The lowest BCUT2D eigenvalue weighted by Gasteiger charge is -2.25. The summed E-state index contributed by atoms with van der Waals surface area (Å²) in [7, 11) is -3.13. The Morgan fingerprint density at radius 1 is 1.23 bits per heavy atom. The molecule has 0 bridgehead atoms. The van der Waals surface area contributed by atoms with E-state index < -0.39 is 27.4 Å². The van der Waals surface area contributed by atoms with E-state index in [1.165, 1.54) is 11.8 Å². The zero-order chi connectivity index (χ0) is 22.3. The number of hydrogen-bond donors (Lipinski definition) is 1. The molecule has 3 rings (SSSR count). The molecule has 0 saturated carbocycles. The topological polar surface area (TPSA) is 105 Å². The highest BCUT2D eigenvalue weighted by atomic mass is 32.2. The highest BCUT2D eigenvalue weighted by molar-refractivity contribution is 8.16. The van der Waals surface area contributed by atoms with Crippen LogP contribution in [0.5, 0.6) is 0 Å². The first kappa shape index (κ1) is 22.6. The number of nitrogens with one attached hydrogen (secondary N) is 1. The lowest BCUT2D eigenvalue weighted by Crippen LogP contribution is -2.38. The van der Waals surface area contributed by atoms with Gasteiger partial charge < -0.3 is 15.0 Å². The third kappa shape index (κ3) is 5.34. The normalized spacial score (nSPS) is 24.0. The number of aryl methyl sites for hydroxylation is 2. The number of nitrogens with zero attached hydrogens (tertiary/aromatic N) is 2. The van der Waals surface area contributed by atoms with Gasteiger partial charge in [0, 0.05) is 10.9 Å². The molecule has 10 heteroatoms. The molecule has 8 nitrogen and oxygen atoms in total. The fourth-order valence-corrected chi connectivity index (χ4v) is 7.28. The number of amidine groups is 1. The third-order valence-electron chi connectivity index (χ3n) is 4.84. The van der Waals surface area contributed by atoms with Gasteiger partial charge in [0.15, 0.2) is 15.0 Å². The van der Waals surface area contributed by atoms with E-state index in [1.54, 1.807) is 20.8 Å². The molecular formula is C20H27N3O5S2. The van der Waals surface area contributed by atoms with Crippen LogP contribution in [0.4, 0.5) is 10.5 Å². The third-order valence-corrected chi connectivity index (χ3v) is 8.05. The summed E-state index contributed by atoms with van der Waals surface area (Å²) in [5, 5.41) is 2.68. The molecule has 2 atom stereocenters. The quantitative estimate of drug-likeness (QED) is 0.749. The minimum atomic E-state index is -3.13. The second kappa shape index (κ2) is 8.22. The van der Waals surface area contributed by atoms with Crippen molar-refractivity contribution < 1.29 is 22.7 Å². The van der Waals surface area contributed by atoms with Gasteiger partial charge in [-0.05, 0) is 57.9 Å². The Bertz CT molecular complexity index is 998. The van der Waals surface area contributed by atoms with E-state index in [9.17, 15) is 18.0 Å². The molecule has 0 aliphatic carbocycles. The zero-order valence-electron chi connectivity index (χ0n) is 17.8. The Hall–Kier alpha value is -2.07. The van der Waals surface area contributed by atoms with Gasteiger partial charge in [-0.15, -0.1) is 0 Å². The molecule has 2 aliphatic rings. The first-order valence-corrected chi connectivity index (χ1v) is 12.4. The monoisotopic (exact) mass is 453 g/mol. The molecule has 2 saturated heterocycles. The lowest BCUT2D eigenvalue weighted by atomic mass is 10.1. The van der Waals surface area contributed by atoms with Crippen molar-refractivity contribution in [1.29, 1.82) is 0 Å². The Labute approximate surface area is 181 Å². The first-order chi connectivity index (χ1) is 13.8. The minimum absolute atomic E-state index is 0.0287. The molecule has 2 fully saturated rings. The van der Waals surface area contributed by atoms with E-state index in [1.807, 2.05) is 36.9 Å². The number of aliphatic imine (C=N–C) groups is 1. The van der Waals surface area contributed by atoms with E-state index in [-0.39, 0.29) is 29.3 Å². The summed E-state index contributed by atoms with van der Waals surface area (Å²) < 4.78 is 29.4. The van der Waals surface area contributed by atoms with E-state index in [0.717, 1.165) is 16.8 Å². The van der Waals surface area contributed by atoms with Gasteiger partial charge in [-0.25, -0.2) is 13.2 Å². The van der Waals surface area contributed by atoms with Gasteiger partial charge in [-0.2, -0.15) is 4.99 Å². The second-order valence-corrected chi connectivity index (χ2v) is 11.9. The number of rotatable bonds is 3. The van der Waals surface area contributed by atoms with E-state index in [2.05, 4.69) is 10.3 Å². The molecule has 1 aromatic carbocycles. The second-order valence-electron chi connectivity index (χ2n) is 8.58.